The van der Waals surface area contributed by atoms with Gasteiger partial charge in [0, 0.05) is 5.41 Å². The molecular weight excluding hydrogens is 382 g/mol. The fraction of sp³-hybridized carbons (Fsp3) is 0.609. The SMILES string of the molecule is C[C@H](OC(=O)CCn1nnc2ccccc2c1=O)C(=O)C12CC3CC(CC(C3)C1)C2. The Kier molecular flexibility index (Phi) is 4.71. The molecule has 4 fully saturated rings. The van der Waals surface area contributed by atoms with Crippen LogP contribution in [0.15, 0.2) is 29.1 Å². The maximum absolute atomic E-state index is 13.3. The second-order valence-corrected chi connectivity index (χ2v) is 9.58. The molecule has 158 valence electrons. The van der Waals surface area contributed by atoms with E-state index in [1.54, 1.807) is 31.2 Å². The molecule has 0 amide bonds. The summed E-state index contributed by atoms with van der Waals surface area (Å²) < 4.78 is 6.67. The van der Waals surface area contributed by atoms with Crippen LogP contribution in [0.4, 0.5) is 0 Å². The van der Waals surface area contributed by atoms with Crippen LogP contribution in [-0.2, 0) is 20.9 Å². The monoisotopic (exact) mass is 409 g/mol. The molecule has 1 aromatic heterocycles. The topological polar surface area (TPSA) is 91.2 Å². The highest BCUT2D eigenvalue weighted by Crippen LogP contribution is 2.60. The lowest BCUT2D eigenvalue weighted by atomic mass is 9.48. The molecule has 7 heteroatoms. The van der Waals surface area contributed by atoms with Crippen molar-refractivity contribution in [2.75, 3.05) is 0 Å². The van der Waals surface area contributed by atoms with Gasteiger partial charge in [-0.2, -0.15) is 0 Å². The highest BCUT2D eigenvalue weighted by Gasteiger charge is 2.55. The number of ketones is 1. The minimum absolute atomic E-state index is 0.0224. The molecule has 1 heterocycles. The minimum Gasteiger partial charge on any atom is -0.455 e. The fourth-order valence-corrected chi connectivity index (χ4v) is 6.52. The van der Waals surface area contributed by atoms with Crippen molar-refractivity contribution in [3.63, 3.8) is 0 Å². The zero-order valence-electron chi connectivity index (χ0n) is 17.3. The highest BCUT2D eigenvalue weighted by molar-refractivity contribution is 5.90. The third kappa shape index (κ3) is 3.34. The summed E-state index contributed by atoms with van der Waals surface area (Å²) >= 11 is 0. The first-order valence-corrected chi connectivity index (χ1v) is 11.0. The van der Waals surface area contributed by atoms with E-state index in [4.69, 9.17) is 4.74 Å². The van der Waals surface area contributed by atoms with E-state index in [9.17, 15) is 14.4 Å². The van der Waals surface area contributed by atoms with Crippen LogP contribution in [-0.4, -0.2) is 32.9 Å². The third-order valence-electron chi connectivity index (χ3n) is 7.40. The van der Waals surface area contributed by atoms with Gasteiger partial charge in [0.05, 0.1) is 18.4 Å². The number of aryl methyl sites for hydroxylation is 1. The molecule has 0 radical (unpaired) electrons. The summed E-state index contributed by atoms with van der Waals surface area (Å²) in [7, 11) is 0. The molecule has 0 N–H and O–H groups in total. The molecule has 0 spiro atoms. The lowest BCUT2D eigenvalue weighted by molar-refractivity contribution is -0.165. The van der Waals surface area contributed by atoms with E-state index < -0.39 is 12.1 Å². The Morgan fingerprint density at radius 2 is 1.77 bits per heavy atom. The van der Waals surface area contributed by atoms with Crippen LogP contribution in [0.5, 0.6) is 0 Å². The summed E-state index contributed by atoms with van der Waals surface area (Å²) in [5, 5.41) is 8.38. The van der Waals surface area contributed by atoms with Crippen molar-refractivity contribution in [3.05, 3.63) is 34.6 Å². The molecule has 0 unspecified atom stereocenters. The van der Waals surface area contributed by atoms with Crippen LogP contribution >= 0.6 is 0 Å². The van der Waals surface area contributed by atoms with Crippen molar-refractivity contribution >= 4 is 22.7 Å². The van der Waals surface area contributed by atoms with Crippen molar-refractivity contribution < 1.29 is 14.3 Å². The van der Waals surface area contributed by atoms with E-state index in [0.717, 1.165) is 19.3 Å². The lowest BCUT2D eigenvalue weighted by Crippen LogP contribution is -2.52. The van der Waals surface area contributed by atoms with Gasteiger partial charge in [0.25, 0.3) is 5.56 Å². The summed E-state index contributed by atoms with van der Waals surface area (Å²) in [6.07, 6.45) is 5.91. The molecule has 4 aliphatic rings. The molecule has 6 rings (SSSR count). The molecule has 0 saturated heterocycles. The van der Waals surface area contributed by atoms with Crippen LogP contribution in [0.1, 0.15) is 51.9 Å². The quantitative estimate of drug-likeness (QED) is 0.682. The molecule has 1 aromatic carbocycles. The number of nitrogens with zero attached hydrogens (tertiary/aromatic N) is 3. The first-order valence-electron chi connectivity index (χ1n) is 11.0. The van der Waals surface area contributed by atoms with Crippen molar-refractivity contribution in [2.45, 2.75) is 64.5 Å². The van der Waals surface area contributed by atoms with Crippen LogP contribution in [0.25, 0.3) is 10.9 Å². The van der Waals surface area contributed by atoms with Gasteiger partial charge in [-0.05, 0) is 75.3 Å². The van der Waals surface area contributed by atoms with Crippen LogP contribution < -0.4 is 5.56 Å². The number of ether oxygens (including phenoxy) is 1. The van der Waals surface area contributed by atoms with Crippen molar-refractivity contribution in [1.29, 1.82) is 0 Å². The van der Waals surface area contributed by atoms with E-state index >= 15 is 0 Å². The number of carbonyl (C=O) groups is 2. The van der Waals surface area contributed by atoms with Gasteiger partial charge >= 0.3 is 5.97 Å². The number of rotatable bonds is 6. The third-order valence-corrected chi connectivity index (χ3v) is 7.40. The maximum Gasteiger partial charge on any atom is 0.308 e. The van der Waals surface area contributed by atoms with E-state index in [0.29, 0.717) is 28.7 Å². The average Bonchev–Trinajstić information content (AvgIpc) is 2.72. The summed E-state index contributed by atoms with van der Waals surface area (Å²) in [5.74, 6) is 1.62. The van der Waals surface area contributed by atoms with E-state index in [1.165, 1.54) is 23.9 Å². The molecule has 7 nitrogen and oxygen atoms in total. The Morgan fingerprint density at radius 3 is 2.43 bits per heavy atom. The summed E-state index contributed by atoms with van der Waals surface area (Å²) in [6, 6.07) is 6.97. The van der Waals surface area contributed by atoms with Crippen LogP contribution in [0.2, 0.25) is 0 Å². The highest BCUT2D eigenvalue weighted by atomic mass is 16.5. The second kappa shape index (κ2) is 7.29. The predicted octanol–water partition coefficient (Wildman–Crippen LogP) is 2.90. The first-order chi connectivity index (χ1) is 14.4. The maximum atomic E-state index is 13.3. The van der Waals surface area contributed by atoms with Gasteiger partial charge < -0.3 is 4.74 Å². The summed E-state index contributed by atoms with van der Waals surface area (Å²) in [4.78, 5) is 38.1. The number of esters is 1. The number of aromatic nitrogens is 3. The van der Waals surface area contributed by atoms with Gasteiger partial charge in [0.2, 0.25) is 0 Å². The first kappa shape index (κ1) is 19.4. The second-order valence-electron chi connectivity index (χ2n) is 9.58. The van der Waals surface area contributed by atoms with Crippen LogP contribution in [0, 0.1) is 23.2 Å². The molecular formula is C23H27N3O4. The Hall–Kier alpha value is -2.57. The van der Waals surface area contributed by atoms with Crippen molar-refractivity contribution in [1.82, 2.24) is 15.0 Å². The number of hydrogen-bond donors (Lipinski definition) is 0. The molecule has 4 aliphatic carbocycles. The number of Topliss-reactive ketones (excluding diaryl/α,β-unsaturated/α-hetero) is 1. The summed E-state index contributed by atoms with van der Waals surface area (Å²) in [5.41, 5.74) is -0.0444. The number of benzene rings is 1. The van der Waals surface area contributed by atoms with Gasteiger partial charge in [0.15, 0.2) is 11.9 Å². The van der Waals surface area contributed by atoms with Crippen LogP contribution in [0.3, 0.4) is 0 Å². The smallest absolute Gasteiger partial charge is 0.308 e. The lowest BCUT2D eigenvalue weighted by Gasteiger charge is -2.56. The number of hydrogen-bond acceptors (Lipinski definition) is 6. The van der Waals surface area contributed by atoms with Crippen molar-refractivity contribution in [3.8, 4) is 0 Å². The van der Waals surface area contributed by atoms with Gasteiger partial charge in [-0.25, -0.2) is 4.68 Å². The Bertz CT molecular complexity index is 1020. The normalized spacial score (nSPS) is 30.4. The Morgan fingerprint density at radius 1 is 1.13 bits per heavy atom. The average molecular weight is 409 g/mol. The standard InChI is InChI=1S/C23H27N3O4/c1-14(21(28)23-11-15-8-16(12-23)10-17(9-15)13-23)30-20(27)6-7-26-22(29)18-4-2-3-5-19(18)24-25-26/h2-5,14-17H,6-13H2,1H3/t14-,15?,16?,17?,23?/m0/s1. The van der Waals surface area contributed by atoms with Gasteiger partial charge in [-0.3, -0.25) is 14.4 Å². The molecule has 0 aliphatic heterocycles. The Labute approximate surface area is 174 Å². The largest absolute Gasteiger partial charge is 0.455 e. The molecule has 1 atom stereocenters. The zero-order chi connectivity index (χ0) is 20.9. The molecule has 30 heavy (non-hydrogen) atoms. The molecule has 4 bridgehead atoms. The summed E-state index contributed by atoms with van der Waals surface area (Å²) in [6.45, 7) is 1.77. The van der Waals surface area contributed by atoms with Gasteiger partial charge in [-0.1, -0.05) is 17.3 Å². The van der Waals surface area contributed by atoms with Gasteiger partial charge in [0.1, 0.15) is 5.52 Å². The Balaban J connectivity index is 1.21. The zero-order valence-corrected chi connectivity index (χ0v) is 17.3. The van der Waals surface area contributed by atoms with E-state index in [-0.39, 0.29) is 29.7 Å². The molecule has 4 saturated carbocycles. The van der Waals surface area contributed by atoms with Gasteiger partial charge in [-0.15, -0.1) is 5.10 Å². The van der Waals surface area contributed by atoms with E-state index in [1.807, 2.05) is 0 Å². The van der Waals surface area contributed by atoms with Crippen molar-refractivity contribution in [2.24, 2.45) is 23.2 Å². The minimum atomic E-state index is -0.742. The fourth-order valence-electron chi connectivity index (χ4n) is 6.52. The molecule has 2 aromatic rings. The van der Waals surface area contributed by atoms with E-state index in [2.05, 4.69) is 10.3 Å². The number of fused-ring (bicyclic) bond motifs is 1. The predicted molar refractivity (Wildman–Crippen MR) is 110 cm³/mol. The number of carbonyl (C=O) groups excluding carboxylic acids is 2.